The summed E-state index contributed by atoms with van der Waals surface area (Å²) in [5.74, 6) is -0.998. The number of carbonyl (C=O) groups excluding carboxylic acids is 2. The first-order valence-corrected chi connectivity index (χ1v) is 8.75. The molecular weight excluding hydrogens is 371 g/mol. The van der Waals surface area contributed by atoms with Crippen molar-refractivity contribution in [3.63, 3.8) is 0 Å². The number of ketones is 1. The van der Waals surface area contributed by atoms with Gasteiger partial charge in [0, 0.05) is 31.4 Å². The summed E-state index contributed by atoms with van der Waals surface area (Å²) < 4.78 is 39.4. The van der Waals surface area contributed by atoms with Crippen molar-refractivity contribution in [3.8, 4) is 6.07 Å². The summed E-state index contributed by atoms with van der Waals surface area (Å²) in [5, 5.41) is 9.23. The number of nitriles is 1. The standard InChI is InChI=1S/C20H22F3N3O2/c1-18(2)12-19(3,9-13(10-24)16(18)27)6-8-26(4)17(28)14-11-25-7-5-15(14)20(21,22)23/h5,7,9,11H,6,8,12H2,1-4H3/t19-/m1/s1. The predicted octanol–water partition coefficient (Wildman–Crippen LogP) is 4.02. The Bertz CT molecular complexity index is 868. The predicted molar refractivity (Wildman–Crippen MR) is 96.0 cm³/mol. The number of alkyl halides is 3. The number of allylic oxidation sites excluding steroid dienone is 2. The number of hydrogen-bond acceptors (Lipinski definition) is 4. The number of Topliss-reactive ketones (excluding diaryl/α,β-unsaturated/α-hetero) is 1. The maximum atomic E-state index is 13.1. The van der Waals surface area contributed by atoms with Crippen LogP contribution in [-0.2, 0) is 11.0 Å². The summed E-state index contributed by atoms with van der Waals surface area (Å²) in [6, 6.07) is 2.70. The molecule has 150 valence electrons. The Morgan fingerprint density at radius 1 is 1.36 bits per heavy atom. The molecule has 8 heteroatoms. The molecule has 0 radical (unpaired) electrons. The molecule has 0 fully saturated rings. The lowest BCUT2D eigenvalue weighted by Gasteiger charge is -2.39. The molecule has 0 saturated heterocycles. The van der Waals surface area contributed by atoms with Crippen LogP contribution in [0.1, 0.15) is 49.5 Å². The van der Waals surface area contributed by atoms with Crippen molar-refractivity contribution in [2.45, 2.75) is 39.8 Å². The first-order chi connectivity index (χ1) is 12.8. The van der Waals surface area contributed by atoms with Crippen molar-refractivity contribution in [2.24, 2.45) is 10.8 Å². The number of hydrogen-bond donors (Lipinski definition) is 0. The number of rotatable bonds is 4. The average molecular weight is 393 g/mol. The third-order valence-electron chi connectivity index (χ3n) is 5.04. The van der Waals surface area contributed by atoms with Crippen LogP contribution in [0.4, 0.5) is 13.2 Å². The Morgan fingerprint density at radius 3 is 2.57 bits per heavy atom. The minimum Gasteiger partial charge on any atom is -0.342 e. The lowest BCUT2D eigenvalue weighted by molar-refractivity contribution is -0.138. The van der Waals surface area contributed by atoms with Gasteiger partial charge in [-0.1, -0.05) is 26.8 Å². The second-order valence-electron chi connectivity index (χ2n) is 8.11. The van der Waals surface area contributed by atoms with E-state index in [9.17, 15) is 28.0 Å². The first-order valence-electron chi connectivity index (χ1n) is 8.75. The van der Waals surface area contributed by atoms with Crippen LogP contribution in [0.25, 0.3) is 0 Å². The summed E-state index contributed by atoms with van der Waals surface area (Å²) in [6.45, 7) is 5.57. The number of amides is 1. The molecule has 1 aromatic heterocycles. The molecule has 0 saturated carbocycles. The summed E-state index contributed by atoms with van der Waals surface area (Å²) in [7, 11) is 1.42. The third kappa shape index (κ3) is 4.41. The molecule has 1 heterocycles. The van der Waals surface area contributed by atoms with Gasteiger partial charge in [0.15, 0.2) is 5.78 Å². The summed E-state index contributed by atoms with van der Waals surface area (Å²) >= 11 is 0. The molecule has 5 nitrogen and oxygen atoms in total. The van der Waals surface area contributed by atoms with Crippen LogP contribution in [-0.4, -0.2) is 35.2 Å². The quantitative estimate of drug-likeness (QED) is 0.774. The van der Waals surface area contributed by atoms with Crippen molar-refractivity contribution < 1.29 is 22.8 Å². The zero-order chi connectivity index (χ0) is 21.3. The molecule has 0 aliphatic heterocycles. The lowest BCUT2D eigenvalue weighted by Crippen LogP contribution is -2.39. The van der Waals surface area contributed by atoms with E-state index < -0.39 is 34.0 Å². The zero-order valence-corrected chi connectivity index (χ0v) is 16.2. The minimum atomic E-state index is -4.65. The van der Waals surface area contributed by atoms with Crippen LogP contribution in [0.2, 0.25) is 0 Å². The highest BCUT2D eigenvalue weighted by atomic mass is 19.4. The lowest BCUT2D eigenvalue weighted by atomic mass is 9.64. The molecular formula is C20H22F3N3O2. The molecule has 1 amide bonds. The van der Waals surface area contributed by atoms with Gasteiger partial charge in [0.25, 0.3) is 5.91 Å². The Morgan fingerprint density at radius 2 is 2.00 bits per heavy atom. The number of carbonyl (C=O) groups is 2. The smallest absolute Gasteiger partial charge is 0.342 e. The van der Waals surface area contributed by atoms with E-state index in [1.165, 1.54) is 11.9 Å². The van der Waals surface area contributed by atoms with E-state index in [0.717, 1.165) is 18.5 Å². The van der Waals surface area contributed by atoms with E-state index in [-0.39, 0.29) is 17.9 Å². The van der Waals surface area contributed by atoms with E-state index in [4.69, 9.17) is 0 Å². The Balaban J connectivity index is 2.20. The van der Waals surface area contributed by atoms with Gasteiger partial charge in [0.1, 0.15) is 6.07 Å². The van der Waals surface area contributed by atoms with Gasteiger partial charge in [-0.15, -0.1) is 0 Å². The minimum absolute atomic E-state index is 0.0827. The fourth-order valence-corrected chi connectivity index (χ4v) is 3.71. The van der Waals surface area contributed by atoms with Gasteiger partial charge in [-0.25, -0.2) is 0 Å². The highest BCUT2D eigenvalue weighted by Gasteiger charge is 2.43. The van der Waals surface area contributed by atoms with Crippen LogP contribution < -0.4 is 0 Å². The molecule has 1 aromatic rings. The van der Waals surface area contributed by atoms with Gasteiger partial charge < -0.3 is 4.90 Å². The van der Waals surface area contributed by atoms with Crippen molar-refractivity contribution in [2.75, 3.05) is 13.6 Å². The number of nitrogens with zero attached hydrogens (tertiary/aromatic N) is 3. The SMILES string of the molecule is CN(CC[C@]1(C)C=C(C#N)C(=O)C(C)(C)C1)C(=O)c1cnccc1C(F)(F)F. The highest BCUT2D eigenvalue weighted by molar-refractivity contribution is 6.03. The van der Waals surface area contributed by atoms with E-state index in [2.05, 4.69) is 4.98 Å². The van der Waals surface area contributed by atoms with Crippen molar-refractivity contribution in [1.82, 2.24) is 9.88 Å². The van der Waals surface area contributed by atoms with Crippen molar-refractivity contribution in [1.29, 1.82) is 5.26 Å². The van der Waals surface area contributed by atoms with Crippen molar-refractivity contribution in [3.05, 3.63) is 41.2 Å². The van der Waals surface area contributed by atoms with Gasteiger partial charge in [-0.3, -0.25) is 14.6 Å². The van der Waals surface area contributed by atoms with E-state index in [1.807, 2.05) is 13.0 Å². The number of aromatic nitrogens is 1. The van der Waals surface area contributed by atoms with Crippen LogP contribution >= 0.6 is 0 Å². The van der Waals surface area contributed by atoms with Crippen LogP contribution in [0.5, 0.6) is 0 Å². The molecule has 0 N–H and O–H groups in total. The molecule has 0 aromatic carbocycles. The maximum absolute atomic E-state index is 13.1. The third-order valence-corrected chi connectivity index (χ3v) is 5.04. The van der Waals surface area contributed by atoms with E-state index in [0.29, 0.717) is 12.8 Å². The second-order valence-corrected chi connectivity index (χ2v) is 8.11. The summed E-state index contributed by atoms with van der Waals surface area (Å²) in [6.07, 6.45) is -0.246. The van der Waals surface area contributed by atoms with Crippen molar-refractivity contribution >= 4 is 11.7 Å². The highest BCUT2D eigenvalue weighted by Crippen LogP contribution is 2.44. The van der Waals surface area contributed by atoms with E-state index >= 15 is 0 Å². The monoisotopic (exact) mass is 393 g/mol. The van der Waals surface area contributed by atoms with Gasteiger partial charge in [0.2, 0.25) is 0 Å². The first kappa shape index (κ1) is 21.6. The molecule has 0 bridgehead atoms. The normalized spacial score (nSPS) is 21.6. The molecule has 1 atom stereocenters. The number of halogens is 3. The zero-order valence-electron chi connectivity index (χ0n) is 16.2. The molecule has 0 unspecified atom stereocenters. The molecule has 2 rings (SSSR count). The summed E-state index contributed by atoms with van der Waals surface area (Å²) in [5.41, 5.74) is -2.70. The van der Waals surface area contributed by atoms with Gasteiger partial charge in [0.05, 0.1) is 16.7 Å². The summed E-state index contributed by atoms with van der Waals surface area (Å²) in [4.78, 5) is 29.7. The average Bonchev–Trinajstić information content (AvgIpc) is 2.61. The van der Waals surface area contributed by atoms with E-state index in [1.54, 1.807) is 19.9 Å². The molecule has 28 heavy (non-hydrogen) atoms. The van der Waals surface area contributed by atoms with Crippen LogP contribution in [0, 0.1) is 22.2 Å². The van der Waals surface area contributed by atoms with Gasteiger partial charge in [-0.2, -0.15) is 18.4 Å². The fourth-order valence-electron chi connectivity index (χ4n) is 3.71. The van der Waals surface area contributed by atoms with Crippen LogP contribution in [0.3, 0.4) is 0 Å². The molecule has 1 aliphatic carbocycles. The fraction of sp³-hybridized carbons (Fsp3) is 0.500. The second kappa shape index (κ2) is 7.38. The maximum Gasteiger partial charge on any atom is 0.417 e. The molecule has 1 aliphatic rings. The topological polar surface area (TPSA) is 74.1 Å². The van der Waals surface area contributed by atoms with Crippen LogP contribution in [0.15, 0.2) is 30.1 Å². The molecule has 0 spiro atoms. The van der Waals surface area contributed by atoms with Gasteiger partial charge >= 0.3 is 6.18 Å². The number of pyridine rings is 1. The Kier molecular flexibility index (Phi) is 5.69. The largest absolute Gasteiger partial charge is 0.417 e. The van der Waals surface area contributed by atoms with Gasteiger partial charge in [-0.05, 0) is 24.3 Å². The Labute approximate surface area is 161 Å². The Hall–Kier alpha value is -2.69.